The third-order valence-corrected chi connectivity index (χ3v) is 5.87. The van der Waals surface area contributed by atoms with E-state index in [2.05, 4.69) is 5.10 Å². The Hall–Kier alpha value is -5.80. The predicted molar refractivity (Wildman–Crippen MR) is 142 cm³/mol. The van der Waals surface area contributed by atoms with Gasteiger partial charge in [0.15, 0.2) is 0 Å². The topological polar surface area (TPSA) is 126 Å². The number of nitrogens with two attached hydrogens (primary N) is 1. The first-order chi connectivity index (χ1) is 18.5. The number of nitrogen functional groups attached to an aromatic ring is 1. The molecule has 0 bridgehead atoms. The van der Waals surface area contributed by atoms with Gasteiger partial charge in [0.1, 0.15) is 40.6 Å². The maximum absolute atomic E-state index is 13.5. The summed E-state index contributed by atoms with van der Waals surface area (Å²) in [4.78, 5) is 13.3. The molecule has 0 aliphatic carbocycles. The zero-order valence-electron chi connectivity index (χ0n) is 19.8. The van der Waals surface area contributed by atoms with Gasteiger partial charge in [-0.2, -0.15) is 25.4 Å². The number of para-hydroxylation sites is 1. The second-order valence-electron chi connectivity index (χ2n) is 8.18. The number of nitriles is 2. The van der Waals surface area contributed by atoms with Crippen molar-refractivity contribution in [2.24, 2.45) is 5.10 Å². The van der Waals surface area contributed by atoms with Crippen LogP contribution in [0.3, 0.4) is 0 Å². The van der Waals surface area contributed by atoms with Gasteiger partial charge in [-0.1, -0.05) is 60.7 Å². The fourth-order valence-corrected chi connectivity index (χ4v) is 4.05. The molecule has 0 saturated carbocycles. The molecule has 0 saturated heterocycles. The lowest BCUT2D eigenvalue weighted by Crippen LogP contribution is -2.25. The highest BCUT2D eigenvalue weighted by Gasteiger charge is 2.22. The zero-order chi connectivity index (χ0) is 26.6. The monoisotopic (exact) mass is 499 g/mol. The van der Waals surface area contributed by atoms with E-state index in [1.54, 1.807) is 10.9 Å². The third kappa shape index (κ3) is 4.32. The van der Waals surface area contributed by atoms with E-state index in [9.17, 15) is 19.7 Å². The average Bonchev–Trinajstić information content (AvgIpc) is 3.38. The summed E-state index contributed by atoms with van der Waals surface area (Å²) in [6, 6.07) is 27.9. The molecule has 8 nitrogen and oxygen atoms in total. The largest absolute Gasteiger partial charge is 0.382 e. The molecule has 38 heavy (non-hydrogen) atoms. The van der Waals surface area contributed by atoms with Gasteiger partial charge >= 0.3 is 0 Å². The lowest BCUT2D eigenvalue weighted by molar-refractivity contribution is 0.628. The molecule has 0 atom stereocenters. The van der Waals surface area contributed by atoms with E-state index in [4.69, 9.17) is 10.8 Å². The van der Waals surface area contributed by atoms with Crippen LogP contribution in [0.2, 0.25) is 0 Å². The summed E-state index contributed by atoms with van der Waals surface area (Å²) in [7, 11) is 0. The summed E-state index contributed by atoms with van der Waals surface area (Å²) in [5, 5.41) is 28.6. The van der Waals surface area contributed by atoms with Crippen molar-refractivity contribution in [2.75, 3.05) is 5.73 Å². The molecule has 0 fully saturated rings. The molecule has 0 amide bonds. The van der Waals surface area contributed by atoms with Gasteiger partial charge in [-0.3, -0.25) is 4.79 Å². The molecular weight excluding hydrogens is 481 g/mol. The van der Waals surface area contributed by atoms with Crippen LogP contribution in [-0.2, 0) is 0 Å². The Morgan fingerprint density at radius 1 is 0.868 bits per heavy atom. The number of hydrogen-bond donors (Lipinski definition) is 1. The zero-order valence-corrected chi connectivity index (χ0v) is 19.8. The third-order valence-electron chi connectivity index (χ3n) is 5.87. The quantitative estimate of drug-likeness (QED) is 0.350. The predicted octanol–water partition coefficient (Wildman–Crippen LogP) is 4.71. The summed E-state index contributed by atoms with van der Waals surface area (Å²) in [6.45, 7) is 0. The van der Waals surface area contributed by atoms with Crippen molar-refractivity contribution in [2.45, 2.75) is 0 Å². The van der Waals surface area contributed by atoms with Gasteiger partial charge in [-0.15, -0.1) is 0 Å². The Kier molecular flexibility index (Phi) is 6.33. The SMILES string of the molecule is N#Cc1c(-c2ccc(F)cc2)c(C#N)c(=O)n(/N=C/c2cn(-c3ccccc3)nc2-c2ccccc2)c1N. The minimum absolute atomic E-state index is 0.0332. The molecule has 9 heteroatoms. The molecule has 0 spiro atoms. The van der Waals surface area contributed by atoms with Crippen LogP contribution >= 0.6 is 0 Å². The highest BCUT2D eigenvalue weighted by molar-refractivity contribution is 5.89. The molecule has 0 unspecified atom stereocenters. The van der Waals surface area contributed by atoms with Crippen molar-refractivity contribution >= 4 is 12.0 Å². The van der Waals surface area contributed by atoms with E-state index in [-0.39, 0.29) is 22.5 Å². The standard InChI is InChI=1S/C29H18FN7O/c30-22-13-11-19(12-14-22)26-24(15-31)28(33)37(29(38)25(26)16-32)34-17-21-18-36(23-9-5-2-6-10-23)35-27(21)20-7-3-1-4-8-20/h1-14,17-18H,33H2/b34-17+. The van der Waals surface area contributed by atoms with Crippen molar-refractivity contribution in [3.8, 4) is 40.2 Å². The first-order valence-corrected chi connectivity index (χ1v) is 11.4. The van der Waals surface area contributed by atoms with Crippen molar-refractivity contribution in [3.63, 3.8) is 0 Å². The Bertz CT molecular complexity index is 1810. The Balaban J connectivity index is 1.67. The second-order valence-corrected chi connectivity index (χ2v) is 8.18. The normalized spacial score (nSPS) is 10.8. The Morgan fingerprint density at radius 3 is 2.13 bits per heavy atom. The fraction of sp³-hybridized carbons (Fsp3) is 0. The lowest BCUT2D eigenvalue weighted by atomic mass is 9.96. The fourth-order valence-electron chi connectivity index (χ4n) is 4.05. The molecule has 0 aliphatic rings. The number of nitrogens with zero attached hydrogens (tertiary/aromatic N) is 6. The molecule has 2 aromatic heterocycles. The number of aromatic nitrogens is 3. The van der Waals surface area contributed by atoms with Crippen LogP contribution in [0.1, 0.15) is 16.7 Å². The summed E-state index contributed by atoms with van der Waals surface area (Å²) >= 11 is 0. The summed E-state index contributed by atoms with van der Waals surface area (Å²) in [5.74, 6) is -0.745. The van der Waals surface area contributed by atoms with E-state index in [0.29, 0.717) is 16.8 Å². The van der Waals surface area contributed by atoms with Gasteiger partial charge in [-0.25, -0.2) is 9.07 Å². The highest BCUT2D eigenvalue weighted by Crippen LogP contribution is 2.29. The molecule has 0 aliphatic heterocycles. The summed E-state index contributed by atoms with van der Waals surface area (Å²) < 4.78 is 16.0. The van der Waals surface area contributed by atoms with Crippen LogP contribution in [0.4, 0.5) is 10.2 Å². The van der Waals surface area contributed by atoms with E-state index < -0.39 is 11.4 Å². The molecular formula is C29H18FN7O. The number of anilines is 1. The van der Waals surface area contributed by atoms with Gasteiger partial charge in [0.25, 0.3) is 5.56 Å². The van der Waals surface area contributed by atoms with E-state index in [0.717, 1.165) is 15.9 Å². The van der Waals surface area contributed by atoms with Crippen molar-refractivity contribution in [1.82, 2.24) is 14.5 Å². The number of hydrogen-bond acceptors (Lipinski definition) is 6. The van der Waals surface area contributed by atoms with Gasteiger partial charge in [0, 0.05) is 22.9 Å². The molecule has 5 rings (SSSR count). The average molecular weight is 500 g/mol. The number of pyridine rings is 1. The van der Waals surface area contributed by atoms with Crippen molar-refractivity contribution in [1.29, 1.82) is 10.5 Å². The van der Waals surface area contributed by atoms with Crippen LogP contribution in [-0.4, -0.2) is 20.7 Å². The highest BCUT2D eigenvalue weighted by atomic mass is 19.1. The first-order valence-electron chi connectivity index (χ1n) is 11.4. The van der Waals surface area contributed by atoms with Gasteiger partial charge in [-0.05, 0) is 29.8 Å². The Labute approximate surface area is 216 Å². The maximum atomic E-state index is 13.5. The van der Waals surface area contributed by atoms with E-state index in [1.165, 1.54) is 30.5 Å². The van der Waals surface area contributed by atoms with Crippen molar-refractivity contribution < 1.29 is 4.39 Å². The minimum atomic E-state index is -0.809. The molecule has 3 aromatic carbocycles. The molecule has 5 aromatic rings. The van der Waals surface area contributed by atoms with Crippen molar-refractivity contribution in [3.05, 3.63) is 124 Å². The van der Waals surface area contributed by atoms with Crippen LogP contribution in [0.15, 0.2) is 101 Å². The van der Waals surface area contributed by atoms with Crippen LogP contribution < -0.4 is 11.3 Å². The number of rotatable bonds is 5. The van der Waals surface area contributed by atoms with Crippen LogP contribution in [0, 0.1) is 28.5 Å². The van der Waals surface area contributed by atoms with Gasteiger partial charge in [0.2, 0.25) is 0 Å². The minimum Gasteiger partial charge on any atom is -0.382 e. The van der Waals surface area contributed by atoms with E-state index in [1.807, 2.05) is 72.8 Å². The molecule has 2 N–H and O–H groups in total. The Morgan fingerprint density at radius 2 is 1.50 bits per heavy atom. The van der Waals surface area contributed by atoms with Crippen LogP contribution in [0.25, 0.3) is 28.1 Å². The molecule has 2 heterocycles. The van der Waals surface area contributed by atoms with E-state index >= 15 is 0 Å². The van der Waals surface area contributed by atoms with Crippen LogP contribution in [0.5, 0.6) is 0 Å². The van der Waals surface area contributed by atoms with Gasteiger partial charge in [0.05, 0.1) is 11.9 Å². The maximum Gasteiger partial charge on any atom is 0.291 e. The number of halogens is 1. The number of benzene rings is 3. The smallest absolute Gasteiger partial charge is 0.291 e. The summed E-state index contributed by atoms with van der Waals surface area (Å²) in [6.07, 6.45) is 3.16. The second kappa shape index (κ2) is 10.1. The van der Waals surface area contributed by atoms with Gasteiger partial charge < -0.3 is 5.73 Å². The lowest BCUT2D eigenvalue weighted by Gasteiger charge is -2.12. The molecule has 0 radical (unpaired) electrons. The molecule has 182 valence electrons. The first kappa shape index (κ1) is 23.9. The summed E-state index contributed by atoms with van der Waals surface area (Å²) in [5.41, 5.74) is 8.14.